The van der Waals surface area contributed by atoms with Gasteiger partial charge < -0.3 is 10.5 Å². The second kappa shape index (κ2) is 4.13. The fourth-order valence-electron chi connectivity index (χ4n) is 1.93. The number of benzene rings is 1. The summed E-state index contributed by atoms with van der Waals surface area (Å²) in [6.07, 6.45) is 1.66. The van der Waals surface area contributed by atoms with Gasteiger partial charge in [-0.05, 0) is 37.1 Å². The maximum atomic E-state index is 5.95. The highest BCUT2D eigenvalue weighted by Crippen LogP contribution is 2.35. The zero-order valence-electron chi connectivity index (χ0n) is 10.6. The molecule has 2 rings (SSSR count). The second-order valence-corrected chi connectivity index (χ2v) is 4.21. The molecule has 0 aliphatic carbocycles. The molecule has 4 nitrogen and oxygen atoms in total. The van der Waals surface area contributed by atoms with Crippen molar-refractivity contribution in [3.63, 3.8) is 0 Å². The Morgan fingerprint density at radius 1 is 1.24 bits per heavy atom. The minimum atomic E-state index is 0.661. The highest BCUT2D eigenvalue weighted by molar-refractivity contribution is 5.78. The van der Waals surface area contributed by atoms with E-state index in [1.54, 1.807) is 18.0 Å². The lowest BCUT2D eigenvalue weighted by molar-refractivity contribution is 0.415. The number of nitrogen functional groups attached to an aromatic ring is 1. The van der Waals surface area contributed by atoms with Crippen molar-refractivity contribution < 1.29 is 4.74 Å². The van der Waals surface area contributed by atoms with Crippen molar-refractivity contribution in [2.45, 2.75) is 13.8 Å². The Balaban J connectivity index is 2.70. The highest BCUT2D eigenvalue weighted by Gasteiger charge is 2.14. The van der Waals surface area contributed by atoms with Gasteiger partial charge in [0.15, 0.2) is 0 Å². The Morgan fingerprint density at radius 3 is 2.41 bits per heavy atom. The third kappa shape index (κ3) is 1.86. The van der Waals surface area contributed by atoms with Gasteiger partial charge in [0.1, 0.15) is 5.75 Å². The van der Waals surface area contributed by atoms with Gasteiger partial charge in [-0.2, -0.15) is 5.10 Å². The average molecular weight is 231 g/mol. The standard InChI is InChI=1S/C13H17N3O/c1-8-5-10(12(17-4)6-9(8)2)13-11(14)7-15-16(13)3/h5-7H,14H2,1-4H3. The van der Waals surface area contributed by atoms with Gasteiger partial charge in [0.05, 0.1) is 24.7 Å². The summed E-state index contributed by atoms with van der Waals surface area (Å²) in [5.74, 6) is 0.823. The molecule has 17 heavy (non-hydrogen) atoms. The van der Waals surface area contributed by atoms with Crippen molar-refractivity contribution >= 4 is 5.69 Å². The predicted octanol–water partition coefficient (Wildman–Crippen LogP) is 2.29. The number of ether oxygens (including phenoxy) is 1. The molecular weight excluding hydrogens is 214 g/mol. The topological polar surface area (TPSA) is 53.1 Å². The van der Waals surface area contributed by atoms with Crippen LogP contribution in [0.5, 0.6) is 5.75 Å². The van der Waals surface area contributed by atoms with Gasteiger partial charge in [-0.25, -0.2) is 0 Å². The molecule has 0 aliphatic heterocycles. The smallest absolute Gasteiger partial charge is 0.128 e. The zero-order valence-corrected chi connectivity index (χ0v) is 10.6. The normalized spacial score (nSPS) is 10.6. The molecule has 0 atom stereocenters. The number of anilines is 1. The molecule has 4 heteroatoms. The van der Waals surface area contributed by atoms with Crippen LogP contribution >= 0.6 is 0 Å². The minimum absolute atomic E-state index is 0.661. The summed E-state index contributed by atoms with van der Waals surface area (Å²) < 4.78 is 7.18. The first-order chi connectivity index (χ1) is 8.04. The molecule has 0 saturated heterocycles. The number of hydrogen-bond acceptors (Lipinski definition) is 3. The molecule has 0 saturated carbocycles. The van der Waals surface area contributed by atoms with Crippen molar-refractivity contribution in [2.75, 3.05) is 12.8 Å². The SMILES string of the molecule is COc1cc(C)c(C)cc1-c1c(N)cnn1C. The summed E-state index contributed by atoms with van der Waals surface area (Å²) in [7, 11) is 3.54. The van der Waals surface area contributed by atoms with Crippen molar-refractivity contribution in [3.05, 3.63) is 29.5 Å². The van der Waals surface area contributed by atoms with Crippen LogP contribution in [0.1, 0.15) is 11.1 Å². The molecule has 0 unspecified atom stereocenters. The first-order valence-electron chi connectivity index (χ1n) is 5.47. The van der Waals surface area contributed by atoms with Crippen LogP contribution in [0.15, 0.2) is 18.3 Å². The van der Waals surface area contributed by atoms with E-state index in [-0.39, 0.29) is 0 Å². The summed E-state index contributed by atoms with van der Waals surface area (Å²) in [6.45, 7) is 4.14. The van der Waals surface area contributed by atoms with E-state index in [4.69, 9.17) is 10.5 Å². The first-order valence-corrected chi connectivity index (χ1v) is 5.47. The molecule has 0 spiro atoms. The largest absolute Gasteiger partial charge is 0.496 e. The third-order valence-corrected chi connectivity index (χ3v) is 3.04. The average Bonchev–Trinajstić information content (AvgIpc) is 2.62. The lowest BCUT2D eigenvalue weighted by Gasteiger charge is -2.12. The number of hydrogen-bond donors (Lipinski definition) is 1. The van der Waals surface area contributed by atoms with Crippen LogP contribution in [0.4, 0.5) is 5.69 Å². The van der Waals surface area contributed by atoms with E-state index in [0.717, 1.165) is 17.0 Å². The summed E-state index contributed by atoms with van der Waals surface area (Å²) in [6, 6.07) is 4.11. The van der Waals surface area contributed by atoms with Crippen LogP contribution in [0.25, 0.3) is 11.3 Å². The molecule has 1 heterocycles. The highest BCUT2D eigenvalue weighted by atomic mass is 16.5. The van der Waals surface area contributed by atoms with Gasteiger partial charge in [-0.15, -0.1) is 0 Å². The Hall–Kier alpha value is -1.97. The maximum Gasteiger partial charge on any atom is 0.128 e. The van der Waals surface area contributed by atoms with Gasteiger partial charge >= 0.3 is 0 Å². The van der Waals surface area contributed by atoms with Crippen LogP contribution in [0.2, 0.25) is 0 Å². The molecule has 0 radical (unpaired) electrons. The number of nitrogens with two attached hydrogens (primary N) is 1. The van der Waals surface area contributed by atoms with Crippen LogP contribution < -0.4 is 10.5 Å². The monoisotopic (exact) mass is 231 g/mol. The third-order valence-electron chi connectivity index (χ3n) is 3.04. The zero-order chi connectivity index (χ0) is 12.6. The molecule has 90 valence electrons. The fraction of sp³-hybridized carbons (Fsp3) is 0.308. The van der Waals surface area contributed by atoms with Crippen molar-refractivity contribution in [2.24, 2.45) is 7.05 Å². The molecule has 0 amide bonds. The predicted molar refractivity (Wildman–Crippen MR) is 69.1 cm³/mol. The van der Waals surface area contributed by atoms with E-state index < -0.39 is 0 Å². The summed E-state index contributed by atoms with van der Waals surface area (Å²) in [5.41, 5.74) is 10.9. The molecule has 2 aromatic rings. The quantitative estimate of drug-likeness (QED) is 0.862. The lowest BCUT2D eigenvalue weighted by atomic mass is 10.0. The molecule has 1 aromatic carbocycles. The van der Waals surface area contributed by atoms with Crippen LogP contribution in [-0.4, -0.2) is 16.9 Å². The van der Waals surface area contributed by atoms with Crippen LogP contribution in [-0.2, 0) is 7.05 Å². The van der Waals surface area contributed by atoms with E-state index >= 15 is 0 Å². The lowest BCUT2D eigenvalue weighted by Crippen LogP contribution is -1.99. The van der Waals surface area contributed by atoms with Gasteiger partial charge in [0.2, 0.25) is 0 Å². The summed E-state index contributed by atoms with van der Waals surface area (Å²) in [5, 5.41) is 4.16. The number of aromatic nitrogens is 2. The molecule has 1 aromatic heterocycles. The number of rotatable bonds is 2. The Bertz CT molecular complexity index is 539. The van der Waals surface area contributed by atoms with E-state index in [0.29, 0.717) is 5.69 Å². The van der Waals surface area contributed by atoms with Gasteiger partial charge in [0.25, 0.3) is 0 Å². The Morgan fingerprint density at radius 2 is 1.88 bits per heavy atom. The van der Waals surface area contributed by atoms with Crippen molar-refractivity contribution in [1.29, 1.82) is 0 Å². The number of aryl methyl sites for hydroxylation is 3. The molecule has 2 N–H and O–H groups in total. The van der Waals surface area contributed by atoms with Crippen LogP contribution in [0, 0.1) is 13.8 Å². The molecular formula is C13H17N3O. The number of methoxy groups -OCH3 is 1. The summed E-state index contributed by atoms with van der Waals surface area (Å²) in [4.78, 5) is 0. The van der Waals surface area contributed by atoms with Gasteiger partial charge in [-0.3, -0.25) is 4.68 Å². The molecule has 0 aliphatic rings. The van der Waals surface area contributed by atoms with Gasteiger partial charge in [-0.1, -0.05) is 0 Å². The molecule has 0 bridgehead atoms. The Kier molecular flexibility index (Phi) is 2.79. The van der Waals surface area contributed by atoms with Gasteiger partial charge in [0, 0.05) is 12.6 Å². The maximum absolute atomic E-state index is 5.95. The molecule has 0 fully saturated rings. The minimum Gasteiger partial charge on any atom is -0.496 e. The van der Waals surface area contributed by atoms with E-state index in [1.807, 2.05) is 13.1 Å². The van der Waals surface area contributed by atoms with Crippen LogP contribution in [0.3, 0.4) is 0 Å². The van der Waals surface area contributed by atoms with E-state index in [1.165, 1.54) is 11.1 Å². The van der Waals surface area contributed by atoms with Crippen molar-refractivity contribution in [1.82, 2.24) is 9.78 Å². The Labute approximate surface area is 101 Å². The number of nitrogens with zero attached hydrogens (tertiary/aromatic N) is 2. The second-order valence-electron chi connectivity index (χ2n) is 4.21. The summed E-state index contributed by atoms with van der Waals surface area (Å²) >= 11 is 0. The fourth-order valence-corrected chi connectivity index (χ4v) is 1.93. The van der Waals surface area contributed by atoms with Crippen molar-refractivity contribution in [3.8, 4) is 17.0 Å². The van der Waals surface area contributed by atoms with E-state index in [9.17, 15) is 0 Å². The van der Waals surface area contributed by atoms with E-state index in [2.05, 4.69) is 25.0 Å². The first kappa shape index (κ1) is 11.5.